The molecule has 0 N–H and O–H groups in total. The molecular formula is C12H23NO3. The number of carbonyl (C=O) groups is 1. The third-order valence-corrected chi connectivity index (χ3v) is 2.84. The topological polar surface area (TPSA) is 38.8 Å². The SMILES string of the molecule is CCOC(=O)CO[C@@H]1CCN(C(C)(C)C)C1. The number of likely N-dealkylation sites (tertiary alicyclic amines) is 1. The van der Waals surface area contributed by atoms with E-state index in [1.54, 1.807) is 6.92 Å². The van der Waals surface area contributed by atoms with E-state index in [9.17, 15) is 4.79 Å². The summed E-state index contributed by atoms with van der Waals surface area (Å²) in [6.07, 6.45) is 1.17. The second-order valence-electron chi connectivity index (χ2n) is 5.14. The fourth-order valence-corrected chi connectivity index (χ4v) is 1.86. The molecule has 0 aromatic rings. The molecule has 16 heavy (non-hydrogen) atoms. The first-order valence-corrected chi connectivity index (χ1v) is 5.95. The first-order valence-electron chi connectivity index (χ1n) is 5.95. The molecule has 0 radical (unpaired) electrons. The number of hydrogen-bond donors (Lipinski definition) is 0. The van der Waals surface area contributed by atoms with Crippen LogP contribution in [0.25, 0.3) is 0 Å². The normalized spacial score (nSPS) is 22.4. The molecule has 1 heterocycles. The van der Waals surface area contributed by atoms with E-state index < -0.39 is 0 Å². The molecule has 0 saturated carbocycles. The highest BCUT2D eigenvalue weighted by atomic mass is 16.6. The molecular weight excluding hydrogens is 206 g/mol. The van der Waals surface area contributed by atoms with Crippen LogP contribution in [0.3, 0.4) is 0 Å². The molecule has 0 aromatic heterocycles. The third kappa shape index (κ3) is 4.10. The Balaban J connectivity index is 2.24. The van der Waals surface area contributed by atoms with Gasteiger partial charge in [0.2, 0.25) is 0 Å². The van der Waals surface area contributed by atoms with E-state index in [1.165, 1.54) is 0 Å². The maximum atomic E-state index is 11.1. The molecule has 0 amide bonds. The van der Waals surface area contributed by atoms with Crippen LogP contribution in [0.15, 0.2) is 0 Å². The van der Waals surface area contributed by atoms with Gasteiger partial charge in [-0.05, 0) is 34.1 Å². The van der Waals surface area contributed by atoms with Gasteiger partial charge < -0.3 is 9.47 Å². The summed E-state index contributed by atoms with van der Waals surface area (Å²) < 4.78 is 10.3. The van der Waals surface area contributed by atoms with E-state index in [0.29, 0.717) is 6.61 Å². The maximum absolute atomic E-state index is 11.1. The molecule has 0 spiro atoms. The van der Waals surface area contributed by atoms with Crippen LogP contribution < -0.4 is 0 Å². The maximum Gasteiger partial charge on any atom is 0.332 e. The second kappa shape index (κ2) is 5.64. The van der Waals surface area contributed by atoms with Crippen molar-refractivity contribution in [1.29, 1.82) is 0 Å². The van der Waals surface area contributed by atoms with Crippen LogP contribution in [0.2, 0.25) is 0 Å². The van der Waals surface area contributed by atoms with Crippen LogP contribution in [0, 0.1) is 0 Å². The molecule has 1 saturated heterocycles. The average Bonchev–Trinajstić information content (AvgIpc) is 2.63. The number of ether oxygens (including phenoxy) is 2. The van der Waals surface area contributed by atoms with Gasteiger partial charge in [-0.3, -0.25) is 4.90 Å². The van der Waals surface area contributed by atoms with Gasteiger partial charge in [0.1, 0.15) is 6.61 Å². The van der Waals surface area contributed by atoms with E-state index in [0.717, 1.165) is 19.5 Å². The van der Waals surface area contributed by atoms with Crippen molar-refractivity contribution < 1.29 is 14.3 Å². The number of rotatable bonds is 4. The predicted octanol–water partition coefficient (Wildman–Crippen LogP) is 1.44. The summed E-state index contributed by atoms with van der Waals surface area (Å²) in [7, 11) is 0. The predicted molar refractivity (Wildman–Crippen MR) is 62.3 cm³/mol. The van der Waals surface area contributed by atoms with Gasteiger partial charge in [0.15, 0.2) is 0 Å². The fraction of sp³-hybridized carbons (Fsp3) is 0.917. The van der Waals surface area contributed by atoms with E-state index in [2.05, 4.69) is 25.7 Å². The second-order valence-corrected chi connectivity index (χ2v) is 5.14. The summed E-state index contributed by atoms with van der Waals surface area (Å²) in [5.41, 5.74) is 0.183. The molecule has 1 fully saturated rings. The average molecular weight is 229 g/mol. The van der Waals surface area contributed by atoms with Gasteiger partial charge >= 0.3 is 5.97 Å². The lowest BCUT2D eigenvalue weighted by Gasteiger charge is -2.31. The molecule has 0 aromatic carbocycles. The summed E-state index contributed by atoms with van der Waals surface area (Å²) in [5.74, 6) is -0.267. The molecule has 1 rings (SSSR count). The Bertz CT molecular complexity index is 235. The number of carbonyl (C=O) groups excluding carboxylic acids is 1. The lowest BCUT2D eigenvalue weighted by molar-refractivity contribution is -0.150. The van der Waals surface area contributed by atoms with Crippen LogP contribution in [-0.4, -0.2) is 48.8 Å². The van der Waals surface area contributed by atoms with E-state index in [-0.39, 0.29) is 24.2 Å². The van der Waals surface area contributed by atoms with Crippen LogP contribution in [-0.2, 0) is 14.3 Å². The molecule has 1 aliphatic rings. The fourth-order valence-electron chi connectivity index (χ4n) is 1.86. The van der Waals surface area contributed by atoms with E-state index in [1.807, 2.05) is 0 Å². The zero-order valence-corrected chi connectivity index (χ0v) is 10.8. The van der Waals surface area contributed by atoms with E-state index in [4.69, 9.17) is 9.47 Å². The Morgan fingerprint density at radius 1 is 1.44 bits per heavy atom. The highest BCUT2D eigenvalue weighted by Gasteiger charge is 2.30. The first-order chi connectivity index (χ1) is 7.43. The van der Waals surface area contributed by atoms with Crippen molar-refractivity contribution in [2.45, 2.75) is 45.8 Å². The van der Waals surface area contributed by atoms with Gasteiger partial charge in [-0.25, -0.2) is 4.79 Å². The molecule has 0 bridgehead atoms. The highest BCUT2D eigenvalue weighted by Crippen LogP contribution is 2.21. The van der Waals surface area contributed by atoms with Crippen molar-refractivity contribution in [3.63, 3.8) is 0 Å². The lowest BCUT2D eigenvalue weighted by atomic mass is 10.1. The van der Waals surface area contributed by atoms with Crippen molar-refractivity contribution in [3.8, 4) is 0 Å². The number of nitrogens with zero attached hydrogens (tertiary/aromatic N) is 1. The minimum atomic E-state index is -0.267. The van der Waals surface area contributed by atoms with Crippen LogP contribution in [0.1, 0.15) is 34.1 Å². The molecule has 1 aliphatic heterocycles. The monoisotopic (exact) mass is 229 g/mol. The molecule has 4 nitrogen and oxygen atoms in total. The van der Waals surface area contributed by atoms with Crippen LogP contribution >= 0.6 is 0 Å². The minimum absolute atomic E-state index is 0.0799. The number of esters is 1. The van der Waals surface area contributed by atoms with Crippen molar-refractivity contribution in [1.82, 2.24) is 4.90 Å². The summed E-state index contributed by atoms with van der Waals surface area (Å²) >= 11 is 0. The Hall–Kier alpha value is -0.610. The summed E-state index contributed by atoms with van der Waals surface area (Å²) in [6.45, 7) is 10.8. The van der Waals surface area contributed by atoms with Crippen LogP contribution in [0.5, 0.6) is 0 Å². The van der Waals surface area contributed by atoms with Crippen molar-refractivity contribution in [2.24, 2.45) is 0 Å². The smallest absolute Gasteiger partial charge is 0.332 e. The van der Waals surface area contributed by atoms with Crippen molar-refractivity contribution >= 4 is 5.97 Å². The molecule has 4 heteroatoms. The van der Waals surface area contributed by atoms with Gasteiger partial charge in [0, 0.05) is 18.6 Å². The largest absolute Gasteiger partial charge is 0.464 e. The summed E-state index contributed by atoms with van der Waals surface area (Å²) in [5, 5.41) is 0. The van der Waals surface area contributed by atoms with Crippen molar-refractivity contribution in [3.05, 3.63) is 0 Å². The molecule has 1 atom stereocenters. The lowest BCUT2D eigenvalue weighted by Crippen LogP contribution is -2.40. The Morgan fingerprint density at radius 3 is 2.62 bits per heavy atom. The zero-order chi connectivity index (χ0) is 12.2. The molecule has 94 valence electrons. The quantitative estimate of drug-likeness (QED) is 0.684. The van der Waals surface area contributed by atoms with Gasteiger partial charge in [-0.2, -0.15) is 0 Å². The zero-order valence-electron chi connectivity index (χ0n) is 10.8. The molecule has 0 unspecified atom stereocenters. The Morgan fingerprint density at radius 2 is 2.12 bits per heavy atom. The third-order valence-electron chi connectivity index (χ3n) is 2.84. The standard InChI is InChI=1S/C12H23NO3/c1-5-15-11(14)9-16-10-6-7-13(8-10)12(2,3)4/h10H,5-9H2,1-4H3/t10-/m1/s1. The van der Waals surface area contributed by atoms with Gasteiger partial charge in [-0.15, -0.1) is 0 Å². The molecule has 0 aliphatic carbocycles. The van der Waals surface area contributed by atoms with Crippen molar-refractivity contribution in [2.75, 3.05) is 26.3 Å². The van der Waals surface area contributed by atoms with Gasteiger partial charge in [0.25, 0.3) is 0 Å². The Labute approximate surface area is 97.9 Å². The summed E-state index contributed by atoms with van der Waals surface area (Å²) in [4.78, 5) is 13.5. The van der Waals surface area contributed by atoms with Gasteiger partial charge in [0.05, 0.1) is 12.7 Å². The van der Waals surface area contributed by atoms with Gasteiger partial charge in [-0.1, -0.05) is 0 Å². The minimum Gasteiger partial charge on any atom is -0.464 e. The first kappa shape index (κ1) is 13.5. The highest BCUT2D eigenvalue weighted by molar-refractivity contribution is 5.70. The van der Waals surface area contributed by atoms with E-state index >= 15 is 0 Å². The Kier molecular flexibility index (Phi) is 4.74. The summed E-state index contributed by atoms with van der Waals surface area (Å²) in [6, 6.07) is 0. The van der Waals surface area contributed by atoms with Crippen LogP contribution in [0.4, 0.5) is 0 Å². The number of hydrogen-bond acceptors (Lipinski definition) is 4.